The van der Waals surface area contributed by atoms with E-state index in [4.69, 9.17) is 11.6 Å². The van der Waals surface area contributed by atoms with Gasteiger partial charge in [-0.1, -0.05) is 58.5 Å². The molecule has 0 aliphatic heterocycles. The number of hydrogen-bond donors (Lipinski definition) is 0. The van der Waals surface area contributed by atoms with Crippen LogP contribution in [0.15, 0.2) is 24.3 Å². The molecule has 0 aliphatic carbocycles. The Morgan fingerprint density at radius 1 is 0.645 bits per heavy atom. The standard InChI is InChI=1S/C14H4Cl5F11O/c15-6-4-2-1-3-5(6)7(31)8(20,21)9(16,22)12(25,26)10(17,23)13(27,28)11(18,24)14(19,29)30/h1-4H. The molecule has 0 N–H and O–H groups in total. The van der Waals surface area contributed by atoms with Crippen LogP contribution in [0.4, 0.5) is 48.3 Å². The van der Waals surface area contributed by atoms with Crippen LogP contribution in [0.1, 0.15) is 10.4 Å². The summed E-state index contributed by atoms with van der Waals surface area (Å²) in [6, 6.07) is 3.03. The van der Waals surface area contributed by atoms with E-state index in [-0.39, 0.29) is 0 Å². The normalized spacial score (nSPS) is 19.9. The first-order valence-electron chi connectivity index (χ1n) is 7.06. The molecule has 0 aromatic heterocycles. The minimum atomic E-state index is -7.19. The van der Waals surface area contributed by atoms with Gasteiger partial charge in [-0.25, -0.2) is 13.2 Å². The zero-order valence-corrected chi connectivity index (χ0v) is 17.5. The van der Waals surface area contributed by atoms with Crippen LogP contribution < -0.4 is 0 Å². The Labute approximate surface area is 190 Å². The predicted molar refractivity (Wildman–Crippen MR) is 90.5 cm³/mol. The van der Waals surface area contributed by atoms with Gasteiger partial charge in [0.05, 0.1) is 5.02 Å². The zero-order chi connectivity index (χ0) is 25.1. The fourth-order valence-corrected chi connectivity index (χ4v) is 2.97. The third-order valence-corrected chi connectivity index (χ3v) is 5.84. The number of carbonyl (C=O) groups is 1. The average molecular weight is 574 g/mol. The van der Waals surface area contributed by atoms with Crippen molar-refractivity contribution < 1.29 is 53.1 Å². The van der Waals surface area contributed by atoms with Gasteiger partial charge in [-0.2, -0.15) is 35.1 Å². The largest absolute Gasteiger partial charge is 0.375 e. The van der Waals surface area contributed by atoms with E-state index < -0.39 is 54.9 Å². The van der Waals surface area contributed by atoms with Gasteiger partial charge in [0.25, 0.3) is 0 Å². The topological polar surface area (TPSA) is 17.1 Å². The number of carbonyl (C=O) groups excluding carboxylic acids is 1. The van der Waals surface area contributed by atoms with Gasteiger partial charge >= 0.3 is 38.5 Å². The molecule has 0 saturated heterocycles. The number of hydrogen-bond acceptors (Lipinski definition) is 1. The Balaban J connectivity index is 3.65. The molecule has 17 heteroatoms. The van der Waals surface area contributed by atoms with Gasteiger partial charge in [-0.05, 0) is 23.7 Å². The fraction of sp³-hybridized carbons (Fsp3) is 0.500. The monoisotopic (exact) mass is 572 g/mol. The Hall–Kier alpha value is -0.430. The second-order valence-corrected chi connectivity index (χ2v) is 8.20. The molecule has 0 aliphatic rings. The molecule has 3 unspecified atom stereocenters. The number of halogens is 16. The molecule has 1 aromatic carbocycles. The number of Topliss-reactive ketones (excluding diaryl/α,β-unsaturated/α-hetero) is 1. The summed E-state index contributed by atoms with van der Waals surface area (Å²) < 4.78 is 152. The smallest absolute Gasteiger partial charge is 0.287 e. The molecule has 0 spiro atoms. The highest BCUT2D eigenvalue weighted by atomic mass is 35.5. The Kier molecular flexibility index (Phi) is 7.48. The lowest BCUT2D eigenvalue weighted by Gasteiger charge is -2.44. The molecule has 0 amide bonds. The van der Waals surface area contributed by atoms with Crippen LogP contribution in [0.5, 0.6) is 0 Å². The Morgan fingerprint density at radius 2 is 1.03 bits per heavy atom. The lowest BCUT2D eigenvalue weighted by atomic mass is 9.91. The van der Waals surface area contributed by atoms with Crippen LogP contribution in [0.3, 0.4) is 0 Å². The molecule has 31 heavy (non-hydrogen) atoms. The average Bonchev–Trinajstić information content (AvgIpc) is 2.59. The van der Waals surface area contributed by atoms with Crippen molar-refractivity contribution in [3.63, 3.8) is 0 Å². The number of rotatable bonds is 8. The number of ketones is 1. The molecule has 0 bridgehead atoms. The van der Waals surface area contributed by atoms with E-state index >= 15 is 0 Å². The molecule has 0 fully saturated rings. The van der Waals surface area contributed by atoms with Gasteiger partial charge in [-0.3, -0.25) is 4.79 Å². The summed E-state index contributed by atoms with van der Waals surface area (Å²) in [7, 11) is 0. The van der Waals surface area contributed by atoms with Crippen LogP contribution in [0, 0.1) is 0 Å². The van der Waals surface area contributed by atoms with Gasteiger partial charge in [0.1, 0.15) is 0 Å². The summed E-state index contributed by atoms with van der Waals surface area (Å²) >= 11 is 21.7. The van der Waals surface area contributed by atoms with Gasteiger partial charge in [0.2, 0.25) is 5.78 Å². The van der Waals surface area contributed by atoms with Crippen molar-refractivity contribution >= 4 is 63.8 Å². The Morgan fingerprint density at radius 3 is 1.42 bits per heavy atom. The molecule has 1 aromatic rings. The maximum absolute atomic E-state index is 14.4. The van der Waals surface area contributed by atoms with Crippen molar-refractivity contribution in [3.05, 3.63) is 34.9 Å². The second kappa shape index (κ2) is 8.11. The van der Waals surface area contributed by atoms with Crippen molar-refractivity contribution in [1.29, 1.82) is 0 Å². The maximum atomic E-state index is 14.4. The van der Waals surface area contributed by atoms with Crippen molar-refractivity contribution in [3.8, 4) is 0 Å². The van der Waals surface area contributed by atoms with Gasteiger partial charge in [0, 0.05) is 5.56 Å². The van der Waals surface area contributed by atoms with Crippen LogP contribution in [0.2, 0.25) is 5.02 Å². The minimum Gasteiger partial charge on any atom is -0.287 e. The lowest BCUT2D eigenvalue weighted by Crippen LogP contribution is -2.72. The van der Waals surface area contributed by atoms with Gasteiger partial charge in [0.15, 0.2) is 0 Å². The summed E-state index contributed by atoms with van der Waals surface area (Å²) in [6.07, 6.45) is 0. The van der Waals surface area contributed by atoms with E-state index in [0.29, 0.717) is 6.07 Å². The molecule has 1 nitrogen and oxygen atoms in total. The lowest BCUT2D eigenvalue weighted by molar-refractivity contribution is -0.300. The van der Waals surface area contributed by atoms with Crippen LogP contribution in [0.25, 0.3) is 0 Å². The molecule has 1 rings (SSSR count). The third kappa shape index (κ3) is 4.04. The zero-order valence-electron chi connectivity index (χ0n) is 13.8. The van der Waals surface area contributed by atoms with Crippen LogP contribution >= 0.6 is 58.0 Å². The SMILES string of the molecule is O=C(c1ccccc1Cl)C(F)(F)C(F)(Cl)C(F)(F)C(F)(Cl)C(F)(F)C(F)(Cl)C(F)(F)Cl. The molecule has 0 heterocycles. The van der Waals surface area contributed by atoms with E-state index in [1.807, 2.05) is 0 Å². The molecule has 3 atom stereocenters. The van der Waals surface area contributed by atoms with Gasteiger partial charge in [-0.15, -0.1) is 0 Å². The van der Waals surface area contributed by atoms with Crippen molar-refractivity contribution in [2.75, 3.05) is 0 Å². The first-order valence-corrected chi connectivity index (χ1v) is 8.95. The van der Waals surface area contributed by atoms with Crippen molar-refractivity contribution in [2.24, 2.45) is 0 Å². The fourth-order valence-electron chi connectivity index (χ4n) is 1.92. The summed E-state index contributed by atoms with van der Waals surface area (Å²) in [5.74, 6) is -23.6. The molecule has 0 radical (unpaired) electrons. The first kappa shape index (κ1) is 28.6. The molecule has 0 saturated carbocycles. The van der Waals surface area contributed by atoms with Crippen LogP contribution in [-0.4, -0.2) is 44.3 Å². The quantitative estimate of drug-likeness (QED) is 0.175. The molecular formula is C14H4Cl5F11O. The van der Waals surface area contributed by atoms with Crippen molar-refractivity contribution in [2.45, 2.75) is 38.5 Å². The summed E-state index contributed by atoms with van der Waals surface area (Å²) in [4.78, 5) is 11.8. The molecular weight excluding hydrogens is 570 g/mol. The highest BCUT2D eigenvalue weighted by Crippen LogP contribution is 2.65. The number of benzene rings is 1. The highest BCUT2D eigenvalue weighted by molar-refractivity contribution is 6.36. The summed E-state index contributed by atoms with van der Waals surface area (Å²) in [5, 5.41) is -26.6. The molecule has 178 valence electrons. The predicted octanol–water partition coefficient (Wildman–Crippen LogP) is 7.97. The summed E-state index contributed by atoms with van der Waals surface area (Å²) in [5.41, 5.74) is -1.39. The third-order valence-electron chi connectivity index (χ3n) is 3.73. The van der Waals surface area contributed by atoms with E-state index in [1.165, 1.54) is 0 Å². The maximum Gasteiger partial charge on any atom is 0.375 e. The summed E-state index contributed by atoms with van der Waals surface area (Å²) in [6.45, 7) is 0. The van der Waals surface area contributed by atoms with Crippen molar-refractivity contribution in [1.82, 2.24) is 0 Å². The first-order chi connectivity index (χ1) is 13.4. The van der Waals surface area contributed by atoms with E-state index in [1.54, 1.807) is 0 Å². The van der Waals surface area contributed by atoms with Crippen LogP contribution in [-0.2, 0) is 0 Å². The van der Waals surface area contributed by atoms with Gasteiger partial charge < -0.3 is 0 Å². The van der Waals surface area contributed by atoms with E-state index in [0.717, 1.165) is 18.2 Å². The van der Waals surface area contributed by atoms with E-state index in [9.17, 15) is 53.1 Å². The van der Waals surface area contributed by atoms with E-state index in [2.05, 4.69) is 46.4 Å². The highest BCUT2D eigenvalue weighted by Gasteiger charge is 2.90. The minimum absolute atomic E-state index is 0.432. The number of alkyl halides is 15. The Bertz CT molecular complexity index is 851. The second-order valence-electron chi connectivity index (χ2n) is 5.75.